The smallest absolute Gasteiger partial charge is 0.269 e. The van der Waals surface area contributed by atoms with Gasteiger partial charge in [-0.15, -0.1) is 0 Å². The molecule has 1 N–H and O–H groups in total. The van der Waals surface area contributed by atoms with Crippen molar-refractivity contribution in [2.45, 2.75) is 26.2 Å². The normalized spacial score (nSPS) is 10.8. The molecule has 20 heavy (non-hydrogen) atoms. The third kappa shape index (κ3) is 3.53. The summed E-state index contributed by atoms with van der Waals surface area (Å²) in [6.07, 6.45) is 0.608. The van der Waals surface area contributed by atoms with E-state index in [1.807, 2.05) is 13.8 Å². The molecule has 0 atom stereocenters. The van der Waals surface area contributed by atoms with Gasteiger partial charge in [0.05, 0.1) is 4.92 Å². The topological polar surface area (TPSA) is 94.1 Å². The standard InChI is InChI=1S/C13H16N4O3/c1-9(2)13-15-12(20-16-13)7-8-14-10-3-5-11(6-4-10)17(18)19/h3-6,9,14H,7-8H2,1-2H3. The second kappa shape index (κ2) is 6.14. The Morgan fingerprint density at radius 3 is 2.60 bits per heavy atom. The van der Waals surface area contributed by atoms with Crippen molar-refractivity contribution in [2.24, 2.45) is 0 Å². The van der Waals surface area contributed by atoms with Crippen LogP contribution in [0.2, 0.25) is 0 Å². The highest BCUT2D eigenvalue weighted by atomic mass is 16.6. The predicted molar refractivity (Wildman–Crippen MR) is 73.7 cm³/mol. The first-order valence-electron chi connectivity index (χ1n) is 6.37. The maximum Gasteiger partial charge on any atom is 0.269 e. The van der Waals surface area contributed by atoms with E-state index in [1.165, 1.54) is 12.1 Å². The Morgan fingerprint density at radius 1 is 1.35 bits per heavy atom. The van der Waals surface area contributed by atoms with Gasteiger partial charge in [0.1, 0.15) is 0 Å². The molecule has 0 saturated carbocycles. The van der Waals surface area contributed by atoms with Gasteiger partial charge in [0.25, 0.3) is 5.69 Å². The summed E-state index contributed by atoms with van der Waals surface area (Å²) in [5, 5.41) is 17.6. The monoisotopic (exact) mass is 276 g/mol. The summed E-state index contributed by atoms with van der Waals surface area (Å²) in [7, 11) is 0. The Bertz CT molecular complexity index is 578. The second-order valence-corrected chi connectivity index (χ2v) is 4.68. The molecule has 0 fully saturated rings. The molecule has 7 nitrogen and oxygen atoms in total. The molecule has 7 heteroatoms. The molecular weight excluding hydrogens is 260 g/mol. The SMILES string of the molecule is CC(C)c1noc(CCNc2ccc([N+](=O)[O-])cc2)n1. The highest BCUT2D eigenvalue weighted by Gasteiger charge is 2.09. The molecule has 2 aromatic rings. The molecule has 0 aliphatic rings. The van der Waals surface area contributed by atoms with E-state index in [-0.39, 0.29) is 11.6 Å². The number of hydrogen-bond donors (Lipinski definition) is 1. The number of hydrogen-bond acceptors (Lipinski definition) is 6. The van der Waals surface area contributed by atoms with Gasteiger partial charge in [-0.3, -0.25) is 10.1 Å². The summed E-state index contributed by atoms with van der Waals surface area (Å²) >= 11 is 0. The molecule has 0 bridgehead atoms. The van der Waals surface area contributed by atoms with Crippen LogP contribution >= 0.6 is 0 Å². The lowest BCUT2D eigenvalue weighted by molar-refractivity contribution is -0.384. The first kappa shape index (κ1) is 14.0. The van der Waals surface area contributed by atoms with Crippen LogP contribution in [0.4, 0.5) is 11.4 Å². The van der Waals surface area contributed by atoms with E-state index in [0.717, 1.165) is 5.69 Å². The minimum Gasteiger partial charge on any atom is -0.385 e. The van der Waals surface area contributed by atoms with Crippen molar-refractivity contribution in [1.29, 1.82) is 0 Å². The van der Waals surface area contributed by atoms with Gasteiger partial charge in [0.15, 0.2) is 5.82 Å². The van der Waals surface area contributed by atoms with Crippen molar-refractivity contribution in [3.05, 3.63) is 46.1 Å². The van der Waals surface area contributed by atoms with Gasteiger partial charge in [-0.2, -0.15) is 4.98 Å². The lowest BCUT2D eigenvalue weighted by Gasteiger charge is -2.03. The highest BCUT2D eigenvalue weighted by Crippen LogP contribution is 2.15. The highest BCUT2D eigenvalue weighted by molar-refractivity contribution is 5.48. The van der Waals surface area contributed by atoms with Crippen LogP contribution in [-0.2, 0) is 6.42 Å². The molecule has 0 amide bonds. The van der Waals surface area contributed by atoms with Crippen molar-refractivity contribution < 1.29 is 9.45 Å². The minimum absolute atomic E-state index is 0.0778. The molecule has 1 heterocycles. The lowest BCUT2D eigenvalue weighted by Crippen LogP contribution is -2.05. The fourth-order valence-electron chi connectivity index (χ4n) is 1.62. The van der Waals surface area contributed by atoms with Crippen LogP contribution in [0.1, 0.15) is 31.5 Å². The minimum atomic E-state index is -0.421. The fraction of sp³-hybridized carbons (Fsp3) is 0.385. The van der Waals surface area contributed by atoms with Gasteiger partial charge in [-0.25, -0.2) is 0 Å². The van der Waals surface area contributed by atoms with Crippen LogP contribution in [0.15, 0.2) is 28.8 Å². The number of nitro groups is 1. The zero-order valence-corrected chi connectivity index (χ0v) is 11.4. The molecule has 0 unspecified atom stereocenters. The Labute approximate surface area is 116 Å². The van der Waals surface area contributed by atoms with Crippen molar-refractivity contribution in [1.82, 2.24) is 10.1 Å². The van der Waals surface area contributed by atoms with Crippen molar-refractivity contribution in [3.8, 4) is 0 Å². The number of anilines is 1. The Kier molecular flexibility index (Phi) is 4.29. The fourth-order valence-corrected chi connectivity index (χ4v) is 1.62. The van der Waals surface area contributed by atoms with E-state index >= 15 is 0 Å². The predicted octanol–water partition coefficient (Wildman–Crippen LogP) is 2.76. The average Bonchev–Trinajstić information content (AvgIpc) is 2.88. The quantitative estimate of drug-likeness (QED) is 0.644. The Hall–Kier alpha value is -2.44. The van der Waals surface area contributed by atoms with E-state index in [2.05, 4.69) is 15.5 Å². The Balaban J connectivity index is 1.84. The molecule has 0 spiro atoms. The molecule has 1 aromatic carbocycles. The molecule has 1 aromatic heterocycles. The van der Waals surface area contributed by atoms with Gasteiger partial charge in [-0.05, 0) is 12.1 Å². The third-order valence-electron chi connectivity index (χ3n) is 2.75. The summed E-state index contributed by atoms with van der Waals surface area (Å²) in [5.74, 6) is 1.54. The summed E-state index contributed by atoms with van der Waals surface area (Å²) in [4.78, 5) is 14.4. The van der Waals surface area contributed by atoms with Crippen molar-refractivity contribution in [2.75, 3.05) is 11.9 Å². The molecule has 0 saturated heterocycles. The number of nitro benzene ring substituents is 1. The van der Waals surface area contributed by atoms with Crippen LogP contribution < -0.4 is 5.32 Å². The van der Waals surface area contributed by atoms with Crippen LogP contribution in [0.25, 0.3) is 0 Å². The first-order valence-corrected chi connectivity index (χ1v) is 6.37. The van der Waals surface area contributed by atoms with Crippen molar-refractivity contribution >= 4 is 11.4 Å². The third-order valence-corrected chi connectivity index (χ3v) is 2.75. The number of aromatic nitrogens is 2. The van der Waals surface area contributed by atoms with Gasteiger partial charge in [0.2, 0.25) is 5.89 Å². The molecule has 0 aliphatic heterocycles. The maximum atomic E-state index is 10.5. The van der Waals surface area contributed by atoms with E-state index in [9.17, 15) is 10.1 Å². The molecule has 0 radical (unpaired) electrons. The van der Waals surface area contributed by atoms with E-state index < -0.39 is 4.92 Å². The lowest BCUT2D eigenvalue weighted by atomic mass is 10.2. The number of non-ortho nitro benzene ring substituents is 1. The molecule has 106 valence electrons. The zero-order valence-electron chi connectivity index (χ0n) is 11.4. The van der Waals surface area contributed by atoms with E-state index in [0.29, 0.717) is 24.7 Å². The summed E-state index contributed by atoms with van der Waals surface area (Å²) in [5.41, 5.74) is 0.897. The van der Waals surface area contributed by atoms with Gasteiger partial charge >= 0.3 is 0 Å². The molecule has 2 rings (SSSR count). The van der Waals surface area contributed by atoms with Crippen LogP contribution in [-0.4, -0.2) is 21.6 Å². The van der Waals surface area contributed by atoms with Crippen molar-refractivity contribution in [3.63, 3.8) is 0 Å². The second-order valence-electron chi connectivity index (χ2n) is 4.68. The number of nitrogens with zero attached hydrogens (tertiary/aromatic N) is 3. The number of nitrogens with one attached hydrogen (secondary N) is 1. The van der Waals surface area contributed by atoms with Gasteiger partial charge in [-0.1, -0.05) is 19.0 Å². The number of benzene rings is 1. The Morgan fingerprint density at radius 2 is 2.05 bits per heavy atom. The van der Waals surface area contributed by atoms with Crippen LogP contribution in [0.3, 0.4) is 0 Å². The van der Waals surface area contributed by atoms with Crippen LogP contribution in [0.5, 0.6) is 0 Å². The average molecular weight is 276 g/mol. The molecular formula is C13H16N4O3. The van der Waals surface area contributed by atoms with Crippen LogP contribution in [0, 0.1) is 10.1 Å². The molecule has 0 aliphatic carbocycles. The van der Waals surface area contributed by atoms with E-state index in [4.69, 9.17) is 4.52 Å². The summed E-state index contributed by atoms with van der Waals surface area (Å²) < 4.78 is 5.12. The van der Waals surface area contributed by atoms with Gasteiger partial charge in [0, 0.05) is 36.7 Å². The first-order chi connectivity index (χ1) is 9.56. The zero-order chi connectivity index (χ0) is 14.5. The van der Waals surface area contributed by atoms with Gasteiger partial charge < -0.3 is 9.84 Å². The number of rotatable bonds is 6. The maximum absolute atomic E-state index is 10.5. The summed E-state index contributed by atoms with van der Waals surface area (Å²) in [6.45, 7) is 4.63. The van der Waals surface area contributed by atoms with E-state index in [1.54, 1.807) is 12.1 Å². The largest absolute Gasteiger partial charge is 0.385 e. The summed E-state index contributed by atoms with van der Waals surface area (Å²) in [6, 6.07) is 6.27.